The van der Waals surface area contributed by atoms with Crippen molar-refractivity contribution in [3.8, 4) is 0 Å². The molecule has 0 atom stereocenters. The Bertz CT molecular complexity index is 913. The number of nitrogens with zero attached hydrogens (tertiary/aromatic N) is 2. The molecule has 29 heavy (non-hydrogen) atoms. The molecule has 8 heteroatoms. The van der Waals surface area contributed by atoms with Crippen LogP contribution in [0.1, 0.15) is 25.0 Å². The van der Waals surface area contributed by atoms with Gasteiger partial charge in [0.1, 0.15) is 0 Å². The Hall–Kier alpha value is -1.74. The van der Waals surface area contributed by atoms with Gasteiger partial charge in [0, 0.05) is 24.6 Å². The summed E-state index contributed by atoms with van der Waals surface area (Å²) in [5.41, 5.74) is 2.19. The van der Waals surface area contributed by atoms with Crippen molar-refractivity contribution < 1.29 is 13.2 Å². The largest absolute Gasteiger partial charge is 0.351 e. The molecule has 6 nitrogen and oxygen atoms in total. The van der Waals surface area contributed by atoms with Crippen LogP contribution in [0.4, 0.5) is 0 Å². The molecule has 0 unspecified atom stereocenters. The number of sulfonamides is 1. The van der Waals surface area contributed by atoms with E-state index in [9.17, 15) is 13.2 Å². The highest BCUT2D eigenvalue weighted by Crippen LogP contribution is 2.18. The minimum atomic E-state index is -3.72. The maximum absolute atomic E-state index is 12.6. The van der Waals surface area contributed by atoms with Crippen molar-refractivity contribution in [3.05, 3.63) is 64.1 Å². The average molecular weight is 482 g/mol. The van der Waals surface area contributed by atoms with Crippen molar-refractivity contribution in [3.63, 3.8) is 0 Å². The van der Waals surface area contributed by atoms with Crippen molar-refractivity contribution in [1.29, 1.82) is 0 Å². The number of likely N-dealkylation sites (N-methyl/N-ethyl adjacent to an activating group) is 1. The van der Waals surface area contributed by atoms with Crippen LogP contribution in [0, 0.1) is 0 Å². The summed E-state index contributed by atoms with van der Waals surface area (Å²) in [6.07, 6.45) is 0. The Kier molecular flexibility index (Phi) is 8.82. The number of carbonyl (C=O) groups is 1. The van der Waals surface area contributed by atoms with Gasteiger partial charge < -0.3 is 5.32 Å². The lowest BCUT2D eigenvalue weighted by Gasteiger charge is -2.21. The SMILES string of the molecule is CCN(CC)Cc1ccccc1CNC(=O)CN(C)S(=O)(=O)c1ccc(Br)cc1. The number of amides is 1. The maximum Gasteiger partial charge on any atom is 0.243 e. The van der Waals surface area contributed by atoms with Crippen LogP contribution < -0.4 is 5.32 Å². The second-order valence-electron chi connectivity index (χ2n) is 6.72. The molecule has 0 spiro atoms. The van der Waals surface area contributed by atoms with Crippen LogP contribution in [0.25, 0.3) is 0 Å². The molecule has 0 aliphatic carbocycles. The average Bonchev–Trinajstić information content (AvgIpc) is 2.71. The summed E-state index contributed by atoms with van der Waals surface area (Å²) in [5.74, 6) is -0.342. The number of halogens is 1. The van der Waals surface area contributed by atoms with E-state index < -0.39 is 10.0 Å². The van der Waals surface area contributed by atoms with Crippen molar-refractivity contribution in [1.82, 2.24) is 14.5 Å². The van der Waals surface area contributed by atoms with Crippen LogP contribution >= 0.6 is 15.9 Å². The lowest BCUT2D eigenvalue weighted by Crippen LogP contribution is -2.38. The number of hydrogen-bond acceptors (Lipinski definition) is 4. The van der Waals surface area contributed by atoms with E-state index in [4.69, 9.17) is 0 Å². The highest BCUT2D eigenvalue weighted by atomic mass is 79.9. The minimum absolute atomic E-state index is 0.153. The zero-order valence-electron chi connectivity index (χ0n) is 17.1. The summed E-state index contributed by atoms with van der Waals surface area (Å²) >= 11 is 3.29. The van der Waals surface area contributed by atoms with Gasteiger partial charge in [0.2, 0.25) is 15.9 Å². The summed E-state index contributed by atoms with van der Waals surface area (Å²) in [6, 6.07) is 14.3. The molecule has 0 bridgehead atoms. The first-order valence-electron chi connectivity index (χ1n) is 9.55. The van der Waals surface area contributed by atoms with Gasteiger partial charge in [-0.2, -0.15) is 4.31 Å². The van der Waals surface area contributed by atoms with Gasteiger partial charge in [-0.3, -0.25) is 9.69 Å². The topological polar surface area (TPSA) is 69.7 Å². The smallest absolute Gasteiger partial charge is 0.243 e. The Labute approximate surface area is 182 Å². The lowest BCUT2D eigenvalue weighted by molar-refractivity contribution is -0.121. The molecule has 158 valence electrons. The monoisotopic (exact) mass is 481 g/mol. The van der Waals surface area contributed by atoms with E-state index in [-0.39, 0.29) is 17.3 Å². The van der Waals surface area contributed by atoms with Gasteiger partial charge in [-0.25, -0.2) is 8.42 Å². The second kappa shape index (κ2) is 10.9. The zero-order valence-corrected chi connectivity index (χ0v) is 19.5. The van der Waals surface area contributed by atoms with Gasteiger partial charge in [-0.05, 0) is 48.5 Å². The summed E-state index contributed by atoms with van der Waals surface area (Å²) in [5, 5.41) is 2.84. The molecule has 0 saturated heterocycles. The van der Waals surface area contributed by atoms with Gasteiger partial charge >= 0.3 is 0 Å². The number of nitrogens with one attached hydrogen (secondary N) is 1. The van der Waals surface area contributed by atoms with Crippen molar-refractivity contribution >= 4 is 31.9 Å². The quantitative estimate of drug-likeness (QED) is 0.565. The fourth-order valence-electron chi connectivity index (χ4n) is 2.90. The number of rotatable bonds is 10. The molecule has 1 amide bonds. The Morgan fingerprint density at radius 3 is 2.17 bits per heavy atom. The van der Waals surface area contributed by atoms with E-state index in [1.807, 2.05) is 18.2 Å². The maximum atomic E-state index is 12.6. The van der Waals surface area contributed by atoms with Crippen LogP contribution in [0.2, 0.25) is 0 Å². The van der Waals surface area contributed by atoms with E-state index >= 15 is 0 Å². The third kappa shape index (κ3) is 6.64. The molecule has 0 fully saturated rings. The molecule has 2 aromatic carbocycles. The van der Waals surface area contributed by atoms with Crippen LogP contribution in [0.15, 0.2) is 57.9 Å². The predicted octanol–water partition coefficient (Wildman–Crippen LogP) is 3.23. The predicted molar refractivity (Wildman–Crippen MR) is 119 cm³/mol. The fraction of sp³-hybridized carbons (Fsp3) is 0.381. The zero-order chi connectivity index (χ0) is 21.4. The minimum Gasteiger partial charge on any atom is -0.351 e. The van der Waals surface area contributed by atoms with Crippen LogP contribution in [-0.2, 0) is 27.9 Å². The molecule has 0 aromatic heterocycles. The van der Waals surface area contributed by atoms with Crippen molar-refractivity contribution in [2.24, 2.45) is 0 Å². The molecule has 2 aromatic rings. The Morgan fingerprint density at radius 2 is 1.59 bits per heavy atom. The second-order valence-corrected chi connectivity index (χ2v) is 9.68. The fourth-order valence-corrected chi connectivity index (χ4v) is 4.29. The molecule has 0 aliphatic rings. The van der Waals surface area contributed by atoms with Gasteiger partial charge in [0.25, 0.3) is 0 Å². The van der Waals surface area contributed by atoms with Crippen LogP contribution in [-0.4, -0.2) is 50.2 Å². The highest BCUT2D eigenvalue weighted by molar-refractivity contribution is 9.10. The summed E-state index contributed by atoms with van der Waals surface area (Å²) in [7, 11) is -2.31. The molecule has 0 radical (unpaired) electrons. The van der Waals surface area contributed by atoms with Gasteiger partial charge in [0.15, 0.2) is 0 Å². The highest BCUT2D eigenvalue weighted by Gasteiger charge is 2.22. The Balaban J connectivity index is 1.99. The molecule has 0 heterocycles. The normalized spacial score (nSPS) is 11.8. The molecule has 2 rings (SSSR count). The van der Waals surface area contributed by atoms with Gasteiger partial charge in [-0.1, -0.05) is 54.0 Å². The molecular weight excluding hydrogens is 454 g/mol. The van der Waals surface area contributed by atoms with E-state index in [0.717, 1.165) is 39.5 Å². The van der Waals surface area contributed by atoms with Crippen molar-refractivity contribution in [2.75, 3.05) is 26.7 Å². The summed E-state index contributed by atoms with van der Waals surface area (Å²) < 4.78 is 27.1. The number of benzene rings is 2. The third-order valence-electron chi connectivity index (χ3n) is 4.77. The molecule has 1 N–H and O–H groups in total. The third-order valence-corrected chi connectivity index (χ3v) is 7.12. The first-order chi connectivity index (χ1) is 13.8. The van der Waals surface area contributed by atoms with E-state index in [1.54, 1.807) is 12.1 Å². The summed E-state index contributed by atoms with van der Waals surface area (Å²) in [6.45, 7) is 7.09. The van der Waals surface area contributed by atoms with Crippen LogP contribution in [0.3, 0.4) is 0 Å². The number of carbonyl (C=O) groups excluding carboxylic acids is 1. The van der Waals surface area contributed by atoms with E-state index in [0.29, 0.717) is 6.54 Å². The van der Waals surface area contributed by atoms with Gasteiger partial charge in [0.05, 0.1) is 11.4 Å². The Morgan fingerprint density at radius 1 is 1.00 bits per heavy atom. The van der Waals surface area contributed by atoms with Crippen molar-refractivity contribution in [2.45, 2.75) is 31.8 Å². The molecule has 0 aliphatic heterocycles. The molecule has 0 saturated carbocycles. The lowest BCUT2D eigenvalue weighted by atomic mass is 10.1. The molecular formula is C21H28BrN3O3S. The first-order valence-corrected chi connectivity index (χ1v) is 11.8. The van der Waals surface area contributed by atoms with Crippen LogP contribution in [0.5, 0.6) is 0 Å². The standard InChI is InChI=1S/C21H28BrN3O3S/c1-4-25(5-2)15-18-9-7-6-8-17(18)14-23-21(26)16-24(3)29(27,28)20-12-10-19(22)11-13-20/h6-13H,4-5,14-16H2,1-3H3,(H,23,26). The first kappa shape index (κ1) is 23.5. The summed E-state index contributed by atoms with van der Waals surface area (Å²) in [4.78, 5) is 14.8. The number of hydrogen-bond donors (Lipinski definition) is 1. The van der Waals surface area contributed by atoms with E-state index in [1.165, 1.54) is 19.2 Å². The van der Waals surface area contributed by atoms with E-state index in [2.05, 4.69) is 46.1 Å². The van der Waals surface area contributed by atoms with Gasteiger partial charge in [-0.15, -0.1) is 0 Å².